The predicted octanol–water partition coefficient (Wildman–Crippen LogP) is 3.61. The lowest BCUT2D eigenvalue weighted by atomic mass is 10.2. The lowest BCUT2D eigenvalue weighted by molar-refractivity contribution is 0.0706. The van der Waals surface area contributed by atoms with Gasteiger partial charge in [0.2, 0.25) is 0 Å². The van der Waals surface area contributed by atoms with Crippen molar-refractivity contribution in [2.24, 2.45) is 0 Å². The Hall–Kier alpha value is -2.90. The minimum absolute atomic E-state index is 0.0464. The lowest BCUT2D eigenvalue weighted by Crippen LogP contribution is -2.23. The standard InChI is InChI=1S/C20H20N2O4S/c23-19(22-25)14-7-9-16(10-8-14)26-12-4-3-11-21-20(24)18-13-15-5-1-2-6-17(15)27-18/h1-2,5-10,13,25H,3-4,11-12H2,(H,21,24)(H,22,23). The molecule has 0 saturated carbocycles. The van der Waals surface area contributed by atoms with Gasteiger partial charge in [0.1, 0.15) is 5.75 Å². The molecule has 3 aromatic rings. The average Bonchev–Trinajstić information content (AvgIpc) is 3.14. The molecule has 0 radical (unpaired) electrons. The summed E-state index contributed by atoms with van der Waals surface area (Å²) in [5.74, 6) is 0.0459. The second-order valence-corrected chi connectivity index (χ2v) is 7.01. The lowest BCUT2D eigenvalue weighted by Gasteiger charge is -2.07. The van der Waals surface area contributed by atoms with Crippen molar-refractivity contribution >= 4 is 33.2 Å². The molecular formula is C20H20N2O4S. The highest BCUT2D eigenvalue weighted by molar-refractivity contribution is 7.20. The van der Waals surface area contributed by atoms with Crippen LogP contribution in [0.1, 0.15) is 32.9 Å². The number of rotatable bonds is 8. The van der Waals surface area contributed by atoms with Crippen LogP contribution in [0.15, 0.2) is 54.6 Å². The van der Waals surface area contributed by atoms with E-state index in [9.17, 15) is 9.59 Å². The average molecular weight is 384 g/mol. The van der Waals surface area contributed by atoms with Gasteiger partial charge in [-0.25, -0.2) is 5.48 Å². The van der Waals surface area contributed by atoms with E-state index in [1.165, 1.54) is 11.3 Å². The van der Waals surface area contributed by atoms with Crippen LogP contribution < -0.4 is 15.5 Å². The molecule has 0 fully saturated rings. The minimum Gasteiger partial charge on any atom is -0.494 e. The molecular weight excluding hydrogens is 364 g/mol. The fraction of sp³-hybridized carbons (Fsp3) is 0.200. The van der Waals surface area contributed by atoms with E-state index >= 15 is 0 Å². The Labute approximate surface area is 160 Å². The maximum absolute atomic E-state index is 12.2. The SMILES string of the molecule is O=C(NO)c1ccc(OCCCCNC(=O)c2cc3ccccc3s2)cc1. The van der Waals surface area contributed by atoms with Crippen molar-refractivity contribution in [2.45, 2.75) is 12.8 Å². The normalized spacial score (nSPS) is 10.6. The van der Waals surface area contributed by atoms with Crippen molar-refractivity contribution in [3.63, 3.8) is 0 Å². The molecule has 0 spiro atoms. The van der Waals surface area contributed by atoms with E-state index in [1.807, 2.05) is 30.3 Å². The molecule has 3 N–H and O–H groups in total. The molecule has 1 aromatic heterocycles. The Morgan fingerprint density at radius 2 is 1.78 bits per heavy atom. The first kappa shape index (κ1) is 18.9. The third-order valence-electron chi connectivity index (χ3n) is 3.99. The number of amides is 2. The molecule has 140 valence electrons. The number of hydrogen-bond acceptors (Lipinski definition) is 5. The first-order chi connectivity index (χ1) is 13.2. The number of fused-ring (bicyclic) bond motifs is 1. The first-order valence-corrected chi connectivity index (χ1v) is 9.43. The first-order valence-electron chi connectivity index (χ1n) is 8.61. The van der Waals surface area contributed by atoms with Gasteiger partial charge in [-0.3, -0.25) is 14.8 Å². The van der Waals surface area contributed by atoms with Crippen molar-refractivity contribution in [2.75, 3.05) is 13.2 Å². The smallest absolute Gasteiger partial charge is 0.274 e. The van der Waals surface area contributed by atoms with Gasteiger partial charge >= 0.3 is 0 Å². The summed E-state index contributed by atoms with van der Waals surface area (Å²) in [6, 6.07) is 16.4. The largest absolute Gasteiger partial charge is 0.494 e. The molecule has 3 rings (SSSR count). The number of unbranched alkanes of at least 4 members (excludes halogenated alkanes) is 1. The fourth-order valence-electron chi connectivity index (χ4n) is 2.57. The predicted molar refractivity (Wildman–Crippen MR) is 105 cm³/mol. The summed E-state index contributed by atoms with van der Waals surface area (Å²) in [5.41, 5.74) is 1.94. The van der Waals surface area contributed by atoms with Crippen LogP contribution in [0.2, 0.25) is 0 Å². The maximum atomic E-state index is 12.2. The van der Waals surface area contributed by atoms with Gasteiger partial charge in [0.15, 0.2) is 0 Å². The van der Waals surface area contributed by atoms with Gasteiger partial charge in [0.25, 0.3) is 11.8 Å². The third kappa shape index (κ3) is 5.06. The number of carbonyl (C=O) groups excluding carboxylic acids is 2. The summed E-state index contributed by atoms with van der Waals surface area (Å²) < 4.78 is 6.71. The molecule has 0 aliphatic carbocycles. The number of ether oxygens (including phenoxy) is 1. The zero-order valence-electron chi connectivity index (χ0n) is 14.6. The van der Waals surface area contributed by atoms with E-state index in [2.05, 4.69) is 5.32 Å². The van der Waals surface area contributed by atoms with Gasteiger partial charge in [-0.2, -0.15) is 0 Å². The van der Waals surface area contributed by atoms with Crippen molar-refractivity contribution in [3.8, 4) is 5.75 Å². The van der Waals surface area contributed by atoms with Crippen LogP contribution >= 0.6 is 11.3 Å². The van der Waals surface area contributed by atoms with E-state index < -0.39 is 5.91 Å². The van der Waals surface area contributed by atoms with Crippen LogP contribution in [-0.4, -0.2) is 30.2 Å². The van der Waals surface area contributed by atoms with E-state index in [0.29, 0.717) is 24.5 Å². The highest BCUT2D eigenvalue weighted by Crippen LogP contribution is 2.25. The molecule has 27 heavy (non-hydrogen) atoms. The topological polar surface area (TPSA) is 87.7 Å². The van der Waals surface area contributed by atoms with E-state index in [4.69, 9.17) is 9.94 Å². The number of carbonyl (C=O) groups is 2. The minimum atomic E-state index is -0.559. The summed E-state index contributed by atoms with van der Waals surface area (Å²) in [4.78, 5) is 24.1. The second kappa shape index (κ2) is 9.16. The Kier molecular flexibility index (Phi) is 6.40. The summed E-state index contributed by atoms with van der Waals surface area (Å²) in [7, 11) is 0. The molecule has 2 amide bonds. The molecule has 0 atom stereocenters. The van der Waals surface area contributed by atoms with E-state index in [0.717, 1.165) is 27.8 Å². The zero-order valence-corrected chi connectivity index (χ0v) is 15.4. The van der Waals surface area contributed by atoms with E-state index in [1.54, 1.807) is 29.7 Å². The molecule has 0 unspecified atom stereocenters. The second-order valence-electron chi connectivity index (χ2n) is 5.93. The number of hydrogen-bond donors (Lipinski definition) is 3. The third-order valence-corrected chi connectivity index (χ3v) is 5.11. The quantitative estimate of drug-likeness (QED) is 0.315. The van der Waals surface area contributed by atoms with Crippen LogP contribution in [-0.2, 0) is 0 Å². The van der Waals surface area contributed by atoms with Gasteiger partial charge in [-0.05, 0) is 54.6 Å². The number of nitrogens with one attached hydrogen (secondary N) is 2. The number of hydroxylamine groups is 1. The van der Waals surface area contributed by atoms with Crippen LogP contribution in [0.3, 0.4) is 0 Å². The van der Waals surface area contributed by atoms with Gasteiger partial charge < -0.3 is 10.1 Å². The highest BCUT2D eigenvalue weighted by Gasteiger charge is 2.09. The maximum Gasteiger partial charge on any atom is 0.274 e. The highest BCUT2D eigenvalue weighted by atomic mass is 32.1. The molecule has 1 heterocycles. The zero-order chi connectivity index (χ0) is 19.1. The van der Waals surface area contributed by atoms with Crippen LogP contribution in [0, 0.1) is 0 Å². The summed E-state index contributed by atoms with van der Waals surface area (Å²) >= 11 is 1.49. The number of benzene rings is 2. The van der Waals surface area contributed by atoms with Gasteiger partial charge in [0, 0.05) is 16.8 Å². The molecule has 6 nitrogen and oxygen atoms in total. The molecule has 0 aliphatic heterocycles. The van der Waals surface area contributed by atoms with Crippen LogP contribution in [0.25, 0.3) is 10.1 Å². The summed E-state index contributed by atoms with van der Waals surface area (Å²) in [6.45, 7) is 1.11. The Bertz CT molecular complexity index is 888. The van der Waals surface area contributed by atoms with Crippen molar-refractivity contribution in [3.05, 3.63) is 65.0 Å². The van der Waals surface area contributed by atoms with Gasteiger partial charge in [-0.15, -0.1) is 11.3 Å². The summed E-state index contributed by atoms with van der Waals surface area (Å²) in [6.07, 6.45) is 1.60. The Morgan fingerprint density at radius 3 is 2.52 bits per heavy atom. The Balaban J connectivity index is 1.35. The van der Waals surface area contributed by atoms with Crippen molar-refractivity contribution in [1.82, 2.24) is 10.8 Å². The van der Waals surface area contributed by atoms with Crippen molar-refractivity contribution in [1.29, 1.82) is 0 Å². The molecule has 2 aromatic carbocycles. The summed E-state index contributed by atoms with van der Waals surface area (Å²) in [5, 5.41) is 12.6. The van der Waals surface area contributed by atoms with Crippen LogP contribution in [0.4, 0.5) is 0 Å². The molecule has 0 aliphatic rings. The monoisotopic (exact) mass is 384 g/mol. The molecule has 7 heteroatoms. The van der Waals surface area contributed by atoms with Crippen molar-refractivity contribution < 1.29 is 19.5 Å². The van der Waals surface area contributed by atoms with Crippen LogP contribution in [0.5, 0.6) is 5.75 Å². The van der Waals surface area contributed by atoms with E-state index in [-0.39, 0.29) is 5.91 Å². The molecule has 0 bridgehead atoms. The fourth-order valence-corrected chi connectivity index (χ4v) is 3.55. The molecule has 0 saturated heterocycles. The number of thiophene rings is 1. The Morgan fingerprint density at radius 1 is 1.00 bits per heavy atom. The van der Waals surface area contributed by atoms with Gasteiger partial charge in [0.05, 0.1) is 11.5 Å². The van der Waals surface area contributed by atoms with Gasteiger partial charge in [-0.1, -0.05) is 18.2 Å².